The lowest BCUT2D eigenvalue weighted by molar-refractivity contribution is -0.142. The summed E-state index contributed by atoms with van der Waals surface area (Å²) in [6, 6.07) is 14.2. The van der Waals surface area contributed by atoms with E-state index in [4.69, 9.17) is 9.84 Å². The van der Waals surface area contributed by atoms with Crippen molar-refractivity contribution in [2.24, 2.45) is 0 Å². The van der Waals surface area contributed by atoms with Crippen LogP contribution in [0, 0.1) is 0 Å². The summed E-state index contributed by atoms with van der Waals surface area (Å²) < 4.78 is 5.73. The number of benzene rings is 3. The van der Waals surface area contributed by atoms with Crippen molar-refractivity contribution in [1.82, 2.24) is 0 Å². The summed E-state index contributed by atoms with van der Waals surface area (Å²) in [6.45, 7) is 4.16. The van der Waals surface area contributed by atoms with Gasteiger partial charge in [-0.2, -0.15) is 0 Å². The predicted octanol–water partition coefficient (Wildman–Crippen LogP) is 4.89. The normalized spacial score (nSPS) is 11.0. The van der Waals surface area contributed by atoms with E-state index in [-0.39, 0.29) is 12.8 Å². The minimum Gasteiger partial charge on any atom is -0.481 e. The maximum atomic E-state index is 12.3. The van der Waals surface area contributed by atoms with E-state index in [1.165, 1.54) is 5.56 Å². The average molecular weight is 350 g/mol. The molecule has 0 amide bonds. The van der Waals surface area contributed by atoms with Crippen LogP contribution < -0.4 is 4.74 Å². The van der Waals surface area contributed by atoms with Gasteiger partial charge >= 0.3 is 11.9 Å². The highest BCUT2D eigenvalue weighted by molar-refractivity contribution is 6.08. The number of carbonyl (C=O) groups is 2. The van der Waals surface area contributed by atoms with Gasteiger partial charge in [0.2, 0.25) is 0 Å². The van der Waals surface area contributed by atoms with Crippen molar-refractivity contribution in [1.29, 1.82) is 0 Å². The van der Waals surface area contributed by atoms with Gasteiger partial charge in [0, 0.05) is 10.8 Å². The molecule has 134 valence electrons. The number of carboxylic acid groups (broad SMARTS) is 1. The first kappa shape index (κ1) is 17.9. The molecule has 0 aromatic heterocycles. The van der Waals surface area contributed by atoms with Crippen LogP contribution in [0.1, 0.15) is 37.8 Å². The molecule has 0 saturated carbocycles. The van der Waals surface area contributed by atoms with Crippen molar-refractivity contribution in [3.8, 4) is 5.75 Å². The van der Waals surface area contributed by atoms with Gasteiger partial charge in [0.15, 0.2) is 0 Å². The highest BCUT2D eigenvalue weighted by Gasteiger charge is 2.17. The first-order valence-corrected chi connectivity index (χ1v) is 8.93. The van der Waals surface area contributed by atoms with Crippen molar-refractivity contribution in [3.63, 3.8) is 0 Å². The monoisotopic (exact) mass is 350 g/mol. The summed E-state index contributed by atoms with van der Waals surface area (Å²) >= 11 is 0. The Bertz CT molecular complexity index is 988. The van der Waals surface area contributed by atoms with Crippen LogP contribution in [0.5, 0.6) is 5.75 Å². The number of fused-ring (bicyclic) bond motifs is 2. The highest BCUT2D eigenvalue weighted by atomic mass is 16.5. The summed E-state index contributed by atoms with van der Waals surface area (Å²) in [7, 11) is 0. The second-order valence-electron chi connectivity index (χ2n) is 6.31. The first-order chi connectivity index (χ1) is 12.5. The number of carboxylic acids is 1. The van der Waals surface area contributed by atoms with Crippen molar-refractivity contribution in [2.75, 3.05) is 0 Å². The smallest absolute Gasteiger partial charge is 0.311 e. The fourth-order valence-corrected chi connectivity index (χ4v) is 3.37. The minimum absolute atomic E-state index is 0.144. The summed E-state index contributed by atoms with van der Waals surface area (Å²) in [5.41, 5.74) is 2.29. The van der Waals surface area contributed by atoms with Crippen LogP contribution in [0.15, 0.2) is 42.5 Å². The second-order valence-corrected chi connectivity index (χ2v) is 6.31. The Kier molecular flexibility index (Phi) is 5.21. The lowest BCUT2D eigenvalue weighted by Gasteiger charge is -2.16. The van der Waals surface area contributed by atoms with E-state index in [0.717, 1.165) is 39.9 Å². The molecule has 3 aromatic rings. The number of ether oxygens (including phenoxy) is 1. The van der Waals surface area contributed by atoms with Gasteiger partial charge in [0.25, 0.3) is 0 Å². The zero-order chi connectivity index (χ0) is 18.7. The predicted molar refractivity (Wildman–Crippen MR) is 103 cm³/mol. The van der Waals surface area contributed by atoms with Gasteiger partial charge in [-0.25, -0.2) is 0 Å². The van der Waals surface area contributed by atoms with Gasteiger partial charge in [-0.3, -0.25) is 9.59 Å². The number of rotatable bonds is 6. The SMILES string of the molecule is CCc1cccc2c(OC(=O)CCC(=O)O)c3c(CC)cccc3cc12. The molecular weight excluding hydrogens is 328 g/mol. The zero-order valence-electron chi connectivity index (χ0n) is 15.0. The second kappa shape index (κ2) is 7.56. The molecule has 0 aliphatic heterocycles. The summed E-state index contributed by atoms with van der Waals surface area (Å²) in [4.78, 5) is 23.0. The quantitative estimate of drug-likeness (QED) is 0.391. The van der Waals surface area contributed by atoms with E-state index >= 15 is 0 Å². The molecule has 0 aliphatic carbocycles. The number of carbonyl (C=O) groups excluding carboxylic acids is 1. The van der Waals surface area contributed by atoms with E-state index in [1.807, 2.05) is 30.3 Å². The zero-order valence-corrected chi connectivity index (χ0v) is 15.0. The molecule has 26 heavy (non-hydrogen) atoms. The third-order valence-electron chi connectivity index (χ3n) is 4.67. The van der Waals surface area contributed by atoms with Gasteiger partial charge in [-0.1, -0.05) is 50.2 Å². The third-order valence-corrected chi connectivity index (χ3v) is 4.67. The maximum absolute atomic E-state index is 12.3. The average Bonchev–Trinajstić information content (AvgIpc) is 2.65. The molecule has 0 aliphatic rings. The molecule has 0 atom stereocenters. The van der Waals surface area contributed by atoms with E-state index in [1.54, 1.807) is 0 Å². The van der Waals surface area contributed by atoms with E-state index < -0.39 is 11.9 Å². The van der Waals surface area contributed by atoms with Crippen LogP contribution in [0.2, 0.25) is 0 Å². The molecule has 0 spiro atoms. The fraction of sp³-hybridized carbons (Fsp3) is 0.273. The van der Waals surface area contributed by atoms with Crippen molar-refractivity contribution in [2.45, 2.75) is 39.5 Å². The number of hydrogen-bond donors (Lipinski definition) is 1. The first-order valence-electron chi connectivity index (χ1n) is 8.93. The maximum Gasteiger partial charge on any atom is 0.311 e. The van der Waals surface area contributed by atoms with E-state index in [2.05, 4.69) is 26.0 Å². The van der Waals surface area contributed by atoms with Crippen molar-refractivity contribution >= 4 is 33.5 Å². The molecule has 1 N–H and O–H groups in total. The van der Waals surface area contributed by atoms with E-state index in [0.29, 0.717) is 5.75 Å². The molecule has 0 radical (unpaired) electrons. The van der Waals surface area contributed by atoms with Gasteiger partial charge < -0.3 is 9.84 Å². The van der Waals surface area contributed by atoms with Crippen molar-refractivity contribution in [3.05, 3.63) is 53.6 Å². The van der Waals surface area contributed by atoms with E-state index in [9.17, 15) is 9.59 Å². The molecule has 0 saturated heterocycles. The Morgan fingerprint density at radius 2 is 1.62 bits per heavy atom. The number of esters is 1. The summed E-state index contributed by atoms with van der Waals surface area (Å²) in [6.07, 6.45) is 1.32. The number of aryl methyl sites for hydroxylation is 2. The minimum atomic E-state index is -1.01. The molecule has 3 aromatic carbocycles. The Labute approximate surface area is 152 Å². The van der Waals surface area contributed by atoms with Crippen LogP contribution in [-0.2, 0) is 22.4 Å². The van der Waals surface area contributed by atoms with Crippen LogP contribution >= 0.6 is 0 Å². The van der Waals surface area contributed by atoms with Gasteiger partial charge in [0.05, 0.1) is 12.8 Å². The van der Waals surface area contributed by atoms with Crippen LogP contribution in [-0.4, -0.2) is 17.0 Å². The largest absolute Gasteiger partial charge is 0.481 e. The number of aliphatic carboxylic acids is 1. The third kappa shape index (κ3) is 3.40. The highest BCUT2D eigenvalue weighted by Crippen LogP contribution is 2.38. The number of hydrogen-bond acceptors (Lipinski definition) is 3. The molecule has 0 bridgehead atoms. The Balaban J connectivity index is 2.24. The van der Waals surface area contributed by atoms with Crippen LogP contribution in [0.25, 0.3) is 21.5 Å². The Morgan fingerprint density at radius 1 is 0.923 bits per heavy atom. The summed E-state index contributed by atoms with van der Waals surface area (Å²) in [5.74, 6) is -0.984. The molecule has 4 heteroatoms. The lowest BCUT2D eigenvalue weighted by atomic mass is 9.94. The Hall–Kier alpha value is -2.88. The van der Waals surface area contributed by atoms with Gasteiger partial charge in [0.1, 0.15) is 5.75 Å². The summed E-state index contributed by atoms with van der Waals surface area (Å²) in [5, 5.41) is 12.7. The molecule has 0 fully saturated rings. The lowest BCUT2D eigenvalue weighted by Crippen LogP contribution is -2.11. The fourth-order valence-electron chi connectivity index (χ4n) is 3.37. The molecule has 0 unspecified atom stereocenters. The van der Waals surface area contributed by atoms with Gasteiger partial charge in [-0.05, 0) is 40.8 Å². The van der Waals surface area contributed by atoms with Crippen molar-refractivity contribution < 1.29 is 19.4 Å². The standard InChI is InChI=1S/C22H22O4/c1-3-14-7-6-10-17-18(14)13-16-9-5-8-15(4-2)21(16)22(17)26-20(25)12-11-19(23)24/h5-10,13H,3-4,11-12H2,1-2H3,(H,23,24). The van der Waals surface area contributed by atoms with Crippen LogP contribution in [0.3, 0.4) is 0 Å². The topological polar surface area (TPSA) is 63.6 Å². The molecule has 4 nitrogen and oxygen atoms in total. The molecular formula is C22H22O4. The molecule has 0 heterocycles. The Morgan fingerprint density at radius 3 is 2.31 bits per heavy atom. The molecule has 3 rings (SSSR count). The van der Waals surface area contributed by atoms with Crippen LogP contribution in [0.4, 0.5) is 0 Å². The van der Waals surface area contributed by atoms with Gasteiger partial charge in [-0.15, -0.1) is 0 Å².